The minimum Gasteiger partial charge on any atom is -0.486 e. The molecule has 20 heavy (non-hydrogen) atoms. The molecule has 3 nitrogen and oxygen atoms in total. The lowest BCUT2D eigenvalue weighted by molar-refractivity contribution is 0.0696. The maximum atomic E-state index is 13.6. The van der Waals surface area contributed by atoms with Crippen LogP contribution in [0.3, 0.4) is 0 Å². The van der Waals surface area contributed by atoms with Gasteiger partial charge in [-0.1, -0.05) is 31.2 Å². The average Bonchev–Trinajstić information content (AvgIpc) is 2.46. The Labute approximate surface area is 116 Å². The van der Waals surface area contributed by atoms with Gasteiger partial charge < -0.3 is 9.84 Å². The first-order valence-corrected chi connectivity index (χ1v) is 6.33. The van der Waals surface area contributed by atoms with E-state index in [2.05, 4.69) is 6.92 Å². The van der Waals surface area contributed by atoms with Crippen molar-refractivity contribution in [2.75, 3.05) is 0 Å². The summed E-state index contributed by atoms with van der Waals surface area (Å²) < 4.78 is 19.0. The molecule has 0 spiro atoms. The summed E-state index contributed by atoms with van der Waals surface area (Å²) in [6.07, 6.45) is 0.965. The number of carbonyl (C=O) groups is 1. The molecule has 0 heterocycles. The molecule has 2 aromatic carbocycles. The van der Waals surface area contributed by atoms with Crippen molar-refractivity contribution in [3.8, 4) is 5.75 Å². The predicted octanol–water partition coefficient (Wildman–Crippen LogP) is 3.67. The summed E-state index contributed by atoms with van der Waals surface area (Å²) in [6.45, 7) is 2.32. The minimum atomic E-state index is -1.16. The number of aromatic carboxylic acids is 1. The first kappa shape index (κ1) is 14.1. The smallest absolute Gasteiger partial charge is 0.335 e. The Morgan fingerprint density at radius 1 is 1.15 bits per heavy atom. The summed E-state index contributed by atoms with van der Waals surface area (Å²) in [7, 11) is 0. The summed E-state index contributed by atoms with van der Waals surface area (Å²) in [5.41, 5.74) is 2.07. The van der Waals surface area contributed by atoms with E-state index < -0.39 is 11.8 Å². The predicted molar refractivity (Wildman–Crippen MR) is 73.5 cm³/mol. The second-order valence-electron chi connectivity index (χ2n) is 4.41. The van der Waals surface area contributed by atoms with E-state index in [4.69, 9.17) is 9.84 Å². The van der Waals surface area contributed by atoms with Crippen LogP contribution >= 0.6 is 0 Å². The zero-order valence-electron chi connectivity index (χ0n) is 11.1. The number of rotatable bonds is 5. The highest BCUT2D eigenvalue weighted by atomic mass is 19.1. The molecule has 2 aromatic rings. The van der Waals surface area contributed by atoms with Gasteiger partial charge in [0.2, 0.25) is 0 Å². The Kier molecular flexibility index (Phi) is 4.35. The van der Waals surface area contributed by atoms with Crippen molar-refractivity contribution in [2.24, 2.45) is 0 Å². The van der Waals surface area contributed by atoms with Crippen LogP contribution in [0, 0.1) is 5.82 Å². The highest BCUT2D eigenvalue weighted by Gasteiger charge is 2.09. The van der Waals surface area contributed by atoms with Crippen LogP contribution in [-0.2, 0) is 13.0 Å². The van der Waals surface area contributed by atoms with Gasteiger partial charge in [0.15, 0.2) is 11.6 Å². The zero-order chi connectivity index (χ0) is 14.5. The molecule has 0 unspecified atom stereocenters. The summed E-state index contributed by atoms with van der Waals surface area (Å²) in [4.78, 5) is 10.7. The fourth-order valence-electron chi connectivity index (χ4n) is 1.78. The molecule has 0 amide bonds. The lowest BCUT2D eigenvalue weighted by Gasteiger charge is -2.08. The SMILES string of the molecule is CCc1ccc(COc2ccc(C(=O)O)cc2F)cc1. The van der Waals surface area contributed by atoms with Gasteiger partial charge in [-0.25, -0.2) is 9.18 Å². The Bertz CT molecular complexity index is 606. The van der Waals surface area contributed by atoms with Crippen molar-refractivity contribution in [1.29, 1.82) is 0 Å². The van der Waals surface area contributed by atoms with Gasteiger partial charge in [-0.3, -0.25) is 0 Å². The molecule has 1 N–H and O–H groups in total. The van der Waals surface area contributed by atoms with Gasteiger partial charge in [0.05, 0.1) is 5.56 Å². The van der Waals surface area contributed by atoms with E-state index in [9.17, 15) is 9.18 Å². The van der Waals surface area contributed by atoms with Gasteiger partial charge in [0.1, 0.15) is 6.61 Å². The molecule has 0 saturated heterocycles. The summed E-state index contributed by atoms with van der Waals surface area (Å²) in [5.74, 6) is -1.78. The Morgan fingerprint density at radius 3 is 2.35 bits per heavy atom. The molecule has 0 saturated carbocycles. The van der Waals surface area contributed by atoms with Crippen LogP contribution in [-0.4, -0.2) is 11.1 Å². The second kappa shape index (κ2) is 6.19. The van der Waals surface area contributed by atoms with Crippen molar-refractivity contribution < 1.29 is 19.0 Å². The van der Waals surface area contributed by atoms with E-state index >= 15 is 0 Å². The largest absolute Gasteiger partial charge is 0.486 e. The fourth-order valence-corrected chi connectivity index (χ4v) is 1.78. The zero-order valence-corrected chi connectivity index (χ0v) is 11.1. The minimum absolute atomic E-state index is 0.0505. The van der Waals surface area contributed by atoms with E-state index in [-0.39, 0.29) is 17.9 Å². The normalized spacial score (nSPS) is 10.3. The van der Waals surface area contributed by atoms with Crippen LogP contribution < -0.4 is 4.74 Å². The van der Waals surface area contributed by atoms with E-state index in [1.165, 1.54) is 17.7 Å². The van der Waals surface area contributed by atoms with E-state index in [0.717, 1.165) is 18.1 Å². The molecule has 0 aliphatic heterocycles. The molecule has 104 valence electrons. The molecule has 4 heteroatoms. The molecule has 2 rings (SSSR count). The summed E-state index contributed by atoms with van der Waals surface area (Å²) in [6, 6.07) is 11.5. The number of halogens is 1. The highest BCUT2D eigenvalue weighted by molar-refractivity contribution is 5.87. The number of aryl methyl sites for hydroxylation is 1. The molecule has 0 aromatic heterocycles. The number of hydrogen-bond acceptors (Lipinski definition) is 2. The maximum absolute atomic E-state index is 13.6. The van der Waals surface area contributed by atoms with Crippen LogP contribution in [0.4, 0.5) is 4.39 Å². The lowest BCUT2D eigenvalue weighted by atomic mass is 10.1. The van der Waals surface area contributed by atoms with Crippen molar-refractivity contribution >= 4 is 5.97 Å². The fraction of sp³-hybridized carbons (Fsp3) is 0.188. The topological polar surface area (TPSA) is 46.5 Å². The van der Waals surface area contributed by atoms with Crippen LogP contribution in [0.5, 0.6) is 5.75 Å². The quantitative estimate of drug-likeness (QED) is 0.905. The third kappa shape index (κ3) is 3.35. The first-order chi connectivity index (χ1) is 9.60. The number of ether oxygens (including phenoxy) is 1. The first-order valence-electron chi connectivity index (χ1n) is 6.33. The Morgan fingerprint density at radius 2 is 1.80 bits per heavy atom. The Hall–Kier alpha value is -2.36. The third-order valence-electron chi connectivity index (χ3n) is 3.00. The summed E-state index contributed by atoms with van der Waals surface area (Å²) >= 11 is 0. The van der Waals surface area contributed by atoms with E-state index in [1.807, 2.05) is 24.3 Å². The monoisotopic (exact) mass is 274 g/mol. The van der Waals surface area contributed by atoms with Crippen LogP contribution in [0.1, 0.15) is 28.4 Å². The number of hydrogen-bond donors (Lipinski definition) is 1. The van der Waals surface area contributed by atoms with Crippen LogP contribution in [0.15, 0.2) is 42.5 Å². The van der Waals surface area contributed by atoms with Crippen molar-refractivity contribution in [1.82, 2.24) is 0 Å². The van der Waals surface area contributed by atoms with Gasteiger partial charge in [0, 0.05) is 0 Å². The van der Waals surface area contributed by atoms with Crippen LogP contribution in [0.2, 0.25) is 0 Å². The maximum Gasteiger partial charge on any atom is 0.335 e. The Balaban J connectivity index is 2.04. The third-order valence-corrected chi connectivity index (χ3v) is 3.00. The molecule has 0 radical (unpaired) electrons. The molecule has 0 aliphatic rings. The molecule has 0 fully saturated rings. The van der Waals surface area contributed by atoms with Crippen molar-refractivity contribution in [3.63, 3.8) is 0 Å². The molecular formula is C16H15FO3. The summed E-state index contributed by atoms with van der Waals surface area (Å²) in [5, 5.41) is 8.75. The van der Waals surface area contributed by atoms with Crippen molar-refractivity contribution in [2.45, 2.75) is 20.0 Å². The van der Waals surface area contributed by atoms with Gasteiger partial charge in [-0.15, -0.1) is 0 Å². The van der Waals surface area contributed by atoms with Gasteiger partial charge >= 0.3 is 5.97 Å². The van der Waals surface area contributed by atoms with E-state index in [1.54, 1.807) is 0 Å². The lowest BCUT2D eigenvalue weighted by Crippen LogP contribution is -2.01. The molecule has 0 bridgehead atoms. The molecule has 0 atom stereocenters. The van der Waals surface area contributed by atoms with Gasteiger partial charge in [0.25, 0.3) is 0 Å². The van der Waals surface area contributed by atoms with Gasteiger partial charge in [-0.2, -0.15) is 0 Å². The number of carboxylic acid groups (broad SMARTS) is 1. The highest BCUT2D eigenvalue weighted by Crippen LogP contribution is 2.20. The van der Waals surface area contributed by atoms with Gasteiger partial charge in [-0.05, 0) is 35.7 Å². The number of benzene rings is 2. The molecular weight excluding hydrogens is 259 g/mol. The van der Waals surface area contributed by atoms with E-state index in [0.29, 0.717) is 0 Å². The average molecular weight is 274 g/mol. The molecule has 0 aliphatic carbocycles. The second-order valence-corrected chi connectivity index (χ2v) is 4.41. The standard InChI is InChI=1S/C16H15FO3/c1-2-11-3-5-12(6-4-11)10-20-15-8-7-13(16(18)19)9-14(15)17/h3-9H,2,10H2,1H3,(H,18,19). The number of carboxylic acids is 1. The van der Waals surface area contributed by atoms with Crippen molar-refractivity contribution in [3.05, 3.63) is 65.0 Å². The van der Waals surface area contributed by atoms with Crippen LogP contribution in [0.25, 0.3) is 0 Å².